The van der Waals surface area contributed by atoms with E-state index in [1.54, 1.807) is 5.51 Å². The largest absolute Gasteiger partial charge is 0.302 e. The van der Waals surface area contributed by atoms with Crippen molar-refractivity contribution < 1.29 is 4.79 Å². The van der Waals surface area contributed by atoms with Crippen LogP contribution in [-0.4, -0.2) is 36.6 Å². The fourth-order valence-electron chi connectivity index (χ4n) is 3.26. The predicted octanol–water partition coefficient (Wildman–Crippen LogP) is 3.73. The van der Waals surface area contributed by atoms with Gasteiger partial charge in [-0.05, 0) is 37.7 Å². The highest BCUT2D eigenvalue weighted by atomic mass is 32.2. The summed E-state index contributed by atoms with van der Waals surface area (Å²) in [5.74, 6) is 1.81. The number of nitrogens with zero attached hydrogens (tertiary/aromatic N) is 5. The van der Waals surface area contributed by atoms with Crippen LogP contribution in [0, 0.1) is 5.92 Å². The van der Waals surface area contributed by atoms with E-state index < -0.39 is 0 Å². The molecule has 7 nitrogen and oxygen atoms in total. The van der Waals surface area contributed by atoms with Gasteiger partial charge in [0.05, 0.1) is 5.75 Å². The van der Waals surface area contributed by atoms with Crippen molar-refractivity contribution in [1.82, 2.24) is 25.0 Å². The van der Waals surface area contributed by atoms with E-state index in [0.29, 0.717) is 5.13 Å². The first-order valence-corrected chi connectivity index (χ1v) is 11.6. The molecule has 1 unspecified atom stereocenters. The van der Waals surface area contributed by atoms with Gasteiger partial charge in [-0.1, -0.05) is 30.0 Å². The van der Waals surface area contributed by atoms with Crippen molar-refractivity contribution in [2.75, 3.05) is 11.1 Å². The molecular formula is C17H20N6OS3. The molecule has 1 atom stereocenters. The number of hydrogen-bond acceptors (Lipinski definition) is 8. The third-order valence-electron chi connectivity index (χ3n) is 4.61. The van der Waals surface area contributed by atoms with Crippen LogP contribution in [0.2, 0.25) is 0 Å². The number of rotatable bonds is 6. The molecule has 1 aliphatic rings. The van der Waals surface area contributed by atoms with Gasteiger partial charge in [-0.2, -0.15) is 0 Å². The van der Waals surface area contributed by atoms with Gasteiger partial charge in [-0.25, -0.2) is 0 Å². The van der Waals surface area contributed by atoms with E-state index in [4.69, 9.17) is 0 Å². The molecule has 3 heterocycles. The quantitative estimate of drug-likeness (QED) is 0.612. The number of thioether (sulfide) groups is 1. The van der Waals surface area contributed by atoms with E-state index in [1.165, 1.54) is 45.5 Å². The molecule has 10 heteroatoms. The number of carbonyl (C=O) groups is 1. The summed E-state index contributed by atoms with van der Waals surface area (Å²) in [6.45, 7) is 5.17. The summed E-state index contributed by atoms with van der Waals surface area (Å²) in [5.41, 5.74) is 4.23. The van der Waals surface area contributed by atoms with E-state index in [2.05, 4.69) is 49.5 Å². The first kappa shape index (κ1) is 18.6. The SMILES string of the molecule is CCn1c(SCC(=O)Nc2nncs2)nnc1-c1csc2c1CCC(C)C2. The minimum Gasteiger partial charge on any atom is -0.302 e. The summed E-state index contributed by atoms with van der Waals surface area (Å²) >= 11 is 4.53. The van der Waals surface area contributed by atoms with Crippen molar-refractivity contribution in [2.24, 2.45) is 5.92 Å². The summed E-state index contributed by atoms with van der Waals surface area (Å²) < 4.78 is 2.10. The van der Waals surface area contributed by atoms with Crippen molar-refractivity contribution in [3.63, 3.8) is 0 Å². The zero-order valence-electron chi connectivity index (χ0n) is 15.1. The Morgan fingerprint density at radius 1 is 1.37 bits per heavy atom. The van der Waals surface area contributed by atoms with Gasteiger partial charge in [0.2, 0.25) is 11.0 Å². The number of anilines is 1. The van der Waals surface area contributed by atoms with Gasteiger partial charge in [0.1, 0.15) is 5.51 Å². The number of amides is 1. The smallest absolute Gasteiger partial charge is 0.236 e. The summed E-state index contributed by atoms with van der Waals surface area (Å²) in [7, 11) is 0. The normalized spacial score (nSPS) is 16.3. The molecule has 0 bridgehead atoms. The maximum Gasteiger partial charge on any atom is 0.236 e. The Kier molecular flexibility index (Phi) is 5.55. The van der Waals surface area contributed by atoms with Crippen molar-refractivity contribution in [3.05, 3.63) is 21.3 Å². The van der Waals surface area contributed by atoms with Crippen LogP contribution < -0.4 is 5.32 Å². The number of thiophene rings is 1. The van der Waals surface area contributed by atoms with Crippen LogP contribution >= 0.6 is 34.4 Å². The van der Waals surface area contributed by atoms with E-state index in [0.717, 1.165) is 36.3 Å². The molecule has 3 aromatic heterocycles. The average molecular weight is 421 g/mol. The zero-order chi connectivity index (χ0) is 18.8. The molecule has 1 N–H and O–H groups in total. The molecule has 1 aliphatic carbocycles. The minimum absolute atomic E-state index is 0.120. The topological polar surface area (TPSA) is 85.6 Å². The van der Waals surface area contributed by atoms with E-state index >= 15 is 0 Å². The van der Waals surface area contributed by atoms with Gasteiger partial charge in [-0.3, -0.25) is 10.1 Å². The highest BCUT2D eigenvalue weighted by molar-refractivity contribution is 7.99. The Balaban J connectivity index is 1.50. The second-order valence-electron chi connectivity index (χ2n) is 6.53. The Bertz CT molecular complexity index is 933. The number of nitrogens with one attached hydrogen (secondary N) is 1. The maximum absolute atomic E-state index is 12.1. The van der Waals surface area contributed by atoms with Crippen molar-refractivity contribution in [1.29, 1.82) is 0 Å². The van der Waals surface area contributed by atoms with Gasteiger partial charge >= 0.3 is 0 Å². The van der Waals surface area contributed by atoms with Crippen molar-refractivity contribution in [2.45, 2.75) is 44.8 Å². The highest BCUT2D eigenvalue weighted by Gasteiger charge is 2.24. The molecule has 27 heavy (non-hydrogen) atoms. The summed E-state index contributed by atoms with van der Waals surface area (Å²) in [5, 5.41) is 22.6. The third kappa shape index (κ3) is 3.92. The standard InChI is InChI=1S/C17H20N6OS3/c1-3-23-15(12-7-25-13-6-10(2)4-5-11(12)13)20-22-17(23)26-8-14(24)19-16-21-18-9-27-16/h7,9-10H,3-6,8H2,1-2H3,(H,19,21,24). The lowest BCUT2D eigenvalue weighted by Crippen LogP contribution is -2.14. The van der Waals surface area contributed by atoms with Crippen LogP contribution in [0.25, 0.3) is 11.4 Å². The number of carbonyl (C=O) groups excluding carboxylic acids is 1. The Morgan fingerprint density at radius 3 is 3.04 bits per heavy atom. The second-order valence-corrected chi connectivity index (χ2v) is 9.27. The van der Waals surface area contributed by atoms with Crippen molar-refractivity contribution in [3.8, 4) is 11.4 Å². The lowest BCUT2D eigenvalue weighted by Gasteiger charge is -2.19. The molecule has 0 saturated heterocycles. The zero-order valence-corrected chi connectivity index (χ0v) is 17.6. The van der Waals surface area contributed by atoms with Gasteiger partial charge < -0.3 is 4.57 Å². The fraction of sp³-hybridized carbons (Fsp3) is 0.471. The lowest BCUT2D eigenvalue weighted by atomic mass is 9.88. The van der Waals surface area contributed by atoms with E-state index in [9.17, 15) is 4.79 Å². The predicted molar refractivity (Wildman–Crippen MR) is 109 cm³/mol. The fourth-order valence-corrected chi connectivity index (χ4v) is 5.76. The van der Waals surface area contributed by atoms with Gasteiger partial charge in [-0.15, -0.1) is 31.7 Å². The van der Waals surface area contributed by atoms with Crippen LogP contribution in [0.4, 0.5) is 5.13 Å². The second kappa shape index (κ2) is 8.07. The molecule has 0 saturated carbocycles. The molecule has 3 aromatic rings. The maximum atomic E-state index is 12.1. The molecule has 0 radical (unpaired) electrons. The molecular weight excluding hydrogens is 400 g/mol. The summed E-state index contributed by atoms with van der Waals surface area (Å²) in [6, 6.07) is 0. The first-order valence-electron chi connectivity index (χ1n) is 8.87. The molecule has 1 amide bonds. The van der Waals surface area contributed by atoms with Gasteiger partial charge in [0, 0.05) is 22.4 Å². The van der Waals surface area contributed by atoms with E-state index in [-0.39, 0.29) is 11.7 Å². The number of fused-ring (bicyclic) bond motifs is 1. The molecule has 0 aliphatic heterocycles. The Labute approximate surface area is 169 Å². The average Bonchev–Trinajstić information content (AvgIpc) is 3.38. The summed E-state index contributed by atoms with van der Waals surface area (Å²) in [4.78, 5) is 13.6. The van der Waals surface area contributed by atoms with E-state index in [1.807, 2.05) is 11.3 Å². The first-order chi connectivity index (χ1) is 13.2. The van der Waals surface area contributed by atoms with Crippen LogP contribution in [0.3, 0.4) is 0 Å². The minimum atomic E-state index is -0.120. The lowest BCUT2D eigenvalue weighted by molar-refractivity contribution is -0.113. The summed E-state index contributed by atoms with van der Waals surface area (Å²) in [6.07, 6.45) is 3.50. The Hall–Kier alpha value is -1.78. The molecule has 4 rings (SSSR count). The van der Waals surface area contributed by atoms with Crippen LogP contribution in [-0.2, 0) is 24.2 Å². The van der Waals surface area contributed by atoms with Gasteiger partial charge in [0.15, 0.2) is 11.0 Å². The van der Waals surface area contributed by atoms with Crippen LogP contribution in [0.5, 0.6) is 0 Å². The number of hydrogen-bond donors (Lipinski definition) is 1. The third-order valence-corrected chi connectivity index (χ3v) is 7.24. The van der Waals surface area contributed by atoms with Gasteiger partial charge in [0.25, 0.3) is 0 Å². The highest BCUT2D eigenvalue weighted by Crippen LogP contribution is 2.38. The molecule has 0 aromatic carbocycles. The van der Waals surface area contributed by atoms with Crippen molar-refractivity contribution >= 4 is 45.5 Å². The number of aromatic nitrogens is 5. The van der Waals surface area contributed by atoms with Crippen LogP contribution in [0.1, 0.15) is 30.7 Å². The molecule has 0 fully saturated rings. The Morgan fingerprint density at radius 2 is 2.26 bits per heavy atom. The monoisotopic (exact) mass is 420 g/mol. The molecule has 142 valence electrons. The molecule has 0 spiro atoms. The van der Waals surface area contributed by atoms with Crippen LogP contribution in [0.15, 0.2) is 16.0 Å².